The Morgan fingerprint density at radius 1 is 1.32 bits per heavy atom. The molecule has 134 valence electrons. The molecule has 0 aliphatic carbocycles. The Labute approximate surface area is 152 Å². The van der Waals surface area contributed by atoms with Gasteiger partial charge in [-0.1, -0.05) is 29.8 Å². The highest BCUT2D eigenvalue weighted by Gasteiger charge is 2.35. The van der Waals surface area contributed by atoms with Gasteiger partial charge in [0.15, 0.2) is 0 Å². The van der Waals surface area contributed by atoms with Crippen molar-refractivity contribution in [1.82, 2.24) is 15.5 Å². The molecule has 2 aliphatic heterocycles. The number of carbonyl (C=O) groups excluding carboxylic acids is 2. The molecule has 2 heterocycles. The van der Waals surface area contributed by atoms with E-state index in [1.54, 1.807) is 13.0 Å². The summed E-state index contributed by atoms with van der Waals surface area (Å²) < 4.78 is 5.25. The van der Waals surface area contributed by atoms with Gasteiger partial charge in [-0.2, -0.15) is 0 Å². The van der Waals surface area contributed by atoms with Crippen molar-refractivity contribution in [3.8, 4) is 0 Å². The van der Waals surface area contributed by atoms with Crippen molar-refractivity contribution in [2.24, 2.45) is 0 Å². The van der Waals surface area contributed by atoms with Gasteiger partial charge in [0.2, 0.25) is 0 Å². The lowest BCUT2D eigenvalue weighted by Crippen LogP contribution is -2.48. The highest BCUT2D eigenvalue weighted by Crippen LogP contribution is 2.32. The fraction of sp³-hybridized carbons (Fsp3) is 0.444. The van der Waals surface area contributed by atoms with E-state index < -0.39 is 12.0 Å². The van der Waals surface area contributed by atoms with Crippen LogP contribution in [0, 0.1) is 0 Å². The molecule has 0 aromatic heterocycles. The molecule has 2 aliphatic rings. The summed E-state index contributed by atoms with van der Waals surface area (Å²) in [5.41, 5.74) is 1.69. The minimum Gasteiger partial charge on any atom is -0.463 e. The van der Waals surface area contributed by atoms with Gasteiger partial charge in [0, 0.05) is 17.3 Å². The molecule has 0 spiro atoms. The van der Waals surface area contributed by atoms with E-state index in [1.807, 2.05) is 18.2 Å². The quantitative estimate of drug-likeness (QED) is 0.789. The van der Waals surface area contributed by atoms with Gasteiger partial charge >= 0.3 is 12.0 Å². The number of esters is 1. The Bertz CT molecular complexity index is 699. The number of urea groups is 1. The van der Waals surface area contributed by atoms with Gasteiger partial charge in [-0.25, -0.2) is 9.59 Å². The van der Waals surface area contributed by atoms with E-state index in [9.17, 15) is 9.59 Å². The fourth-order valence-electron chi connectivity index (χ4n) is 3.30. The van der Waals surface area contributed by atoms with Crippen LogP contribution in [0.25, 0.3) is 0 Å². The van der Waals surface area contributed by atoms with Crippen molar-refractivity contribution in [2.45, 2.75) is 25.8 Å². The molecule has 7 heteroatoms. The van der Waals surface area contributed by atoms with E-state index in [0.29, 0.717) is 28.4 Å². The van der Waals surface area contributed by atoms with E-state index in [0.717, 1.165) is 25.9 Å². The van der Waals surface area contributed by atoms with Gasteiger partial charge in [0.25, 0.3) is 0 Å². The average molecular weight is 364 g/mol. The molecule has 0 bridgehead atoms. The molecule has 1 atom stereocenters. The summed E-state index contributed by atoms with van der Waals surface area (Å²) in [6.07, 6.45) is 2.25. The van der Waals surface area contributed by atoms with Crippen LogP contribution in [0.3, 0.4) is 0 Å². The van der Waals surface area contributed by atoms with Crippen molar-refractivity contribution < 1.29 is 14.3 Å². The molecular formula is C18H22ClN3O3. The zero-order valence-electron chi connectivity index (χ0n) is 14.2. The number of benzene rings is 1. The number of amides is 2. The first-order chi connectivity index (χ1) is 12.1. The summed E-state index contributed by atoms with van der Waals surface area (Å²) >= 11 is 6.31. The van der Waals surface area contributed by atoms with Crippen LogP contribution in [-0.2, 0) is 9.53 Å². The molecule has 0 unspecified atom stereocenters. The highest BCUT2D eigenvalue weighted by molar-refractivity contribution is 6.31. The van der Waals surface area contributed by atoms with Crippen molar-refractivity contribution in [3.05, 3.63) is 46.1 Å². The Kier molecular flexibility index (Phi) is 5.60. The van der Waals surface area contributed by atoms with Gasteiger partial charge in [-0.3, -0.25) is 4.90 Å². The van der Waals surface area contributed by atoms with Crippen LogP contribution in [0.1, 0.15) is 31.4 Å². The minimum atomic E-state index is -0.626. The standard InChI is InChI=1S/C18H22ClN3O3/c1-2-25-17(23)15-14(11-22-9-5-6-10-22)20-18(24)21-16(15)12-7-3-4-8-13(12)19/h3-4,7-8,16H,2,5-6,9-11H2,1H3,(H2,20,21,24)/t16-/m1/s1. The van der Waals surface area contributed by atoms with Gasteiger partial charge in [-0.15, -0.1) is 0 Å². The highest BCUT2D eigenvalue weighted by atomic mass is 35.5. The molecule has 0 saturated carbocycles. The first-order valence-corrected chi connectivity index (χ1v) is 8.92. The SMILES string of the molecule is CCOC(=O)C1=C(CN2CCCC2)NC(=O)N[C@@H]1c1ccccc1Cl. The van der Waals surface area contributed by atoms with Crippen LogP contribution in [0.4, 0.5) is 4.79 Å². The number of carbonyl (C=O) groups is 2. The Hall–Kier alpha value is -2.05. The second kappa shape index (κ2) is 7.89. The third-order valence-electron chi connectivity index (χ3n) is 4.45. The number of nitrogens with one attached hydrogen (secondary N) is 2. The monoisotopic (exact) mass is 363 g/mol. The van der Waals surface area contributed by atoms with E-state index in [-0.39, 0.29) is 12.6 Å². The fourth-order valence-corrected chi connectivity index (χ4v) is 3.54. The lowest BCUT2D eigenvalue weighted by Gasteiger charge is -2.31. The molecule has 1 fully saturated rings. The predicted molar refractivity (Wildman–Crippen MR) is 95.2 cm³/mol. The van der Waals surface area contributed by atoms with Crippen molar-refractivity contribution in [2.75, 3.05) is 26.2 Å². The number of ether oxygens (including phenoxy) is 1. The number of hydrogen-bond donors (Lipinski definition) is 2. The Balaban J connectivity index is 2.02. The van der Waals surface area contributed by atoms with E-state index in [2.05, 4.69) is 15.5 Å². The third-order valence-corrected chi connectivity index (χ3v) is 4.79. The maximum atomic E-state index is 12.7. The minimum absolute atomic E-state index is 0.266. The van der Waals surface area contributed by atoms with E-state index in [4.69, 9.17) is 16.3 Å². The lowest BCUT2D eigenvalue weighted by atomic mass is 9.95. The second-order valence-corrected chi connectivity index (χ2v) is 6.56. The largest absolute Gasteiger partial charge is 0.463 e. The molecule has 25 heavy (non-hydrogen) atoms. The van der Waals surface area contributed by atoms with E-state index >= 15 is 0 Å². The molecule has 3 rings (SSSR count). The second-order valence-electron chi connectivity index (χ2n) is 6.15. The number of likely N-dealkylation sites (tertiary alicyclic amines) is 1. The summed E-state index contributed by atoms with van der Waals surface area (Å²) in [4.78, 5) is 27.1. The van der Waals surface area contributed by atoms with Crippen molar-refractivity contribution in [3.63, 3.8) is 0 Å². The van der Waals surface area contributed by atoms with Crippen molar-refractivity contribution >= 4 is 23.6 Å². The number of hydrogen-bond acceptors (Lipinski definition) is 4. The molecule has 0 radical (unpaired) electrons. The van der Waals surface area contributed by atoms with Crippen LogP contribution in [0.15, 0.2) is 35.5 Å². The maximum Gasteiger partial charge on any atom is 0.338 e. The zero-order chi connectivity index (χ0) is 17.8. The van der Waals surface area contributed by atoms with Crippen molar-refractivity contribution in [1.29, 1.82) is 0 Å². The topological polar surface area (TPSA) is 70.7 Å². The molecule has 2 N–H and O–H groups in total. The summed E-state index contributed by atoms with van der Waals surface area (Å²) in [5.74, 6) is -0.436. The number of rotatable bonds is 5. The normalized spacial score (nSPS) is 21.0. The first kappa shape index (κ1) is 17.8. The smallest absolute Gasteiger partial charge is 0.338 e. The molecule has 1 saturated heterocycles. The molecule has 6 nitrogen and oxygen atoms in total. The van der Waals surface area contributed by atoms with Gasteiger partial charge < -0.3 is 15.4 Å². The molecular weight excluding hydrogens is 342 g/mol. The summed E-state index contributed by atoms with van der Waals surface area (Å²) in [6, 6.07) is 6.23. The Morgan fingerprint density at radius 2 is 2.04 bits per heavy atom. The molecule has 1 aromatic carbocycles. The maximum absolute atomic E-state index is 12.7. The number of nitrogens with zero attached hydrogens (tertiary/aromatic N) is 1. The molecule has 2 amide bonds. The van der Waals surface area contributed by atoms with E-state index in [1.165, 1.54) is 0 Å². The van der Waals surface area contributed by atoms with Gasteiger partial charge in [-0.05, 0) is 44.5 Å². The summed E-state index contributed by atoms with van der Waals surface area (Å²) in [6.45, 7) is 4.46. The van der Waals surface area contributed by atoms with Crippen LogP contribution in [0.5, 0.6) is 0 Å². The van der Waals surface area contributed by atoms with Crippen LogP contribution >= 0.6 is 11.6 Å². The lowest BCUT2D eigenvalue weighted by molar-refractivity contribution is -0.139. The summed E-state index contributed by atoms with van der Waals surface area (Å²) in [7, 11) is 0. The van der Waals surface area contributed by atoms with Crippen LogP contribution in [0.2, 0.25) is 5.02 Å². The third kappa shape index (κ3) is 3.96. The van der Waals surface area contributed by atoms with Gasteiger partial charge in [0.1, 0.15) is 0 Å². The van der Waals surface area contributed by atoms with Gasteiger partial charge in [0.05, 0.1) is 18.2 Å². The molecule has 1 aromatic rings. The summed E-state index contributed by atoms with van der Waals surface area (Å²) in [5, 5.41) is 6.10. The van der Waals surface area contributed by atoms with Crippen LogP contribution < -0.4 is 10.6 Å². The Morgan fingerprint density at radius 3 is 2.72 bits per heavy atom. The average Bonchev–Trinajstić information content (AvgIpc) is 3.08. The number of halogens is 1. The predicted octanol–water partition coefficient (Wildman–Crippen LogP) is 2.61. The first-order valence-electron chi connectivity index (χ1n) is 8.54. The zero-order valence-corrected chi connectivity index (χ0v) is 14.9. The van der Waals surface area contributed by atoms with Crippen LogP contribution in [-0.4, -0.2) is 43.1 Å².